The lowest BCUT2D eigenvalue weighted by Gasteiger charge is -2.23. The summed E-state index contributed by atoms with van der Waals surface area (Å²) >= 11 is 0. The van der Waals surface area contributed by atoms with E-state index in [-0.39, 0.29) is 10.8 Å². The Labute approximate surface area is 123 Å². The summed E-state index contributed by atoms with van der Waals surface area (Å²) in [4.78, 5) is 0. The number of hydrogen-bond donors (Lipinski definition) is 1. The van der Waals surface area contributed by atoms with Gasteiger partial charge in [0.15, 0.2) is 0 Å². The fourth-order valence-corrected chi connectivity index (χ4v) is 2.91. The highest BCUT2D eigenvalue weighted by Crippen LogP contribution is 2.19. The Morgan fingerprint density at radius 3 is 2.70 bits per heavy atom. The van der Waals surface area contributed by atoms with Gasteiger partial charge in [0.25, 0.3) is 0 Å². The molecular weight excluding hydrogens is 270 g/mol. The van der Waals surface area contributed by atoms with Crippen LogP contribution in [0.3, 0.4) is 0 Å². The minimum atomic E-state index is -1.03. The van der Waals surface area contributed by atoms with Crippen molar-refractivity contribution in [2.24, 2.45) is 0 Å². The summed E-state index contributed by atoms with van der Waals surface area (Å²) in [5.74, 6) is 0. The molecule has 0 unspecified atom stereocenters. The monoisotopic (exact) mass is 293 g/mol. The molecule has 0 aliphatic rings. The normalized spacial score (nSPS) is 15.4. The van der Waals surface area contributed by atoms with Crippen molar-refractivity contribution in [3.8, 4) is 0 Å². The van der Waals surface area contributed by atoms with Crippen LogP contribution in [0, 0.1) is 0 Å². The van der Waals surface area contributed by atoms with E-state index >= 15 is 0 Å². The molecule has 0 saturated heterocycles. The summed E-state index contributed by atoms with van der Waals surface area (Å²) in [6, 6.07) is 8.43. The third-order valence-corrected chi connectivity index (χ3v) is 4.99. The zero-order valence-corrected chi connectivity index (χ0v) is 13.4. The lowest BCUT2D eigenvalue weighted by atomic mass is 10.0. The van der Waals surface area contributed by atoms with E-state index in [1.807, 2.05) is 26.8 Å². The van der Waals surface area contributed by atoms with Crippen LogP contribution >= 0.6 is 0 Å². The molecule has 110 valence electrons. The predicted octanol–water partition coefficient (Wildman–Crippen LogP) is 3.81. The quantitative estimate of drug-likeness (QED) is 0.911. The Morgan fingerprint density at radius 2 is 2.05 bits per heavy atom. The highest BCUT2D eigenvalue weighted by atomic mass is 32.2. The molecule has 0 bridgehead atoms. The first-order valence-corrected chi connectivity index (χ1v) is 8.19. The van der Waals surface area contributed by atoms with Gasteiger partial charge in [-0.25, -0.2) is 8.93 Å². The summed E-state index contributed by atoms with van der Waals surface area (Å²) in [6.45, 7) is 8.07. The predicted molar refractivity (Wildman–Crippen MR) is 85.0 cm³/mol. The van der Waals surface area contributed by atoms with Crippen molar-refractivity contribution >= 4 is 22.0 Å². The second kappa shape index (κ2) is 6.10. The Balaban J connectivity index is 2.07. The lowest BCUT2D eigenvalue weighted by Crippen LogP contribution is -2.40. The first kappa shape index (κ1) is 15.3. The number of hydrogen-bond acceptors (Lipinski definition) is 2. The minimum Gasteiger partial charge on any atom is -0.464 e. The van der Waals surface area contributed by atoms with Crippen LogP contribution in [0.15, 0.2) is 34.9 Å². The average Bonchev–Trinajstić information content (AvgIpc) is 2.84. The van der Waals surface area contributed by atoms with Gasteiger partial charge in [0.2, 0.25) is 0 Å². The van der Waals surface area contributed by atoms with Crippen LogP contribution in [-0.4, -0.2) is 15.0 Å². The van der Waals surface area contributed by atoms with Crippen molar-refractivity contribution in [1.29, 1.82) is 0 Å². The molecule has 0 spiro atoms. The Morgan fingerprint density at radius 1 is 1.30 bits per heavy atom. The molecule has 1 heterocycles. The highest BCUT2D eigenvalue weighted by molar-refractivity contribution is 7.84. The van der Waals surface area contributed by atoms with Crippen molar-refractivity contribution in [2.45, 2.75) is 51.3 Å². The van der Waals surface area contributed by atoms with Crippen molar-refractivity contribution in [1.82, 2.24) is 4.72 Å². The number of fused-ring (bicyclic) bond motifs is 1. The van der Waals surface area contributed by atoms with Gasteiger partial charge >= 0.3 is 0 Å². The molecule has 1 aromatic carbocycles. The van der Waals surface area contributed by atoms with E-state index in [4.69, 9.17) is 4.42 Å². The van der Waals surface area contributed by atoms with Gasteiger partial charge < -0.3 is 4.42 Å². The summed E-state index contributed by atoms with van der Waals surface area (Å²) in [5, 5.41) is 1.12. The fraction of sp³-hybridized carbons (Fsp3) is 0.500. The Bertz CT molecular complexity index is 598. The van der Waals surface area contributed by atoms with E-state index in [0.29, 0.717) is 0 Å². The van der Waals surface area contributed by atoms with Gasteiger partial charge in [-0.05, 0) is 51.3 Å². The first-order valence-electron chi connectivity index (χ1n) is 7.04. The van der Waals surface area contributed by atoms with E-state index in [0.717, 1.165) is 23.8 Å². The molecule has 2 atom stereocenters. The number of nitrogens with one attached hydrogen (secondary N) is 1. The van der Waals surface area contributed by atoms with Crippen molar-refractivity contribution < 1.29 is 8.63 Å². The van der Waals surface area contributed by atoms with Gasteiger partial charge in [-0.1, -0.05) is 19.1 Å². The van der Waals surface area contributed by atoms with Crippen LogP contribution in [-0.2, 0) is 17.4 Å². The van der Waals surface area contributed by atoms with E-state index in [9.17, 15) is 4.21 Å². The first-order chi connectivity index (χ1) is 9.40. The van der Waals surface area contributed by atoms with E-state index in [1.165, 1.54) is 5.56 Å². The number of benzene rings is 1. The second-order valence-corrected chi connectivity index (χ2v) is 8.10. The number of rotatable bonds is 5. The highest BCUT2D eigenvalue weighted by Gasteiger charge is 2.22. The molecule has 2 rings (SSSR count). The molecule has 1 aromatic heterocycles. The molecule has 0 aliphatic heterocycles. The third kappa shape index (κ3) is 3.70. The Hall–Kier alpha value is -1.13. The van der Waals surface area contributed by atoms with Gasteiger partial charge in [0.1, 0.15) is 5.58 Å². The molecule has 20 heavy (non-hydrogen) atoms. The van der Waals surface area contributed by atoms with E-state index < -0.39 is 11.0 Å². The number of furan rings is 1. The Kier molecular flexibility index (Phi) is 4.66. The average molecular weight is 293 g/mol. The maximum absolute atomic E-state index is 12.2. The second-order valence-electron chi connectivity index (χ2n) is 6.10. The molecule has 4 heteroatoms. The van der Waals surface area contributed by atoms with Crippen LogP contribution in [0.5, 0.6) is 0 Å². The van der Waals surface area contributed by atoms with Crippen molar-refractivity contribution in [3.63, 3.8) is 0 Å². The topological polar surface area (TPSA) is 42.2 Å². The molecule has 0 radical (unpaired) electrons. The largest absolute Gasteiger partial charge is 0.464 e. The van der Waals surface area contributed by atoms with Crippen LogP contribution < -0.4 is 4.72 Å². The van der Waals surface area contributed by atoms with Gasteiger partial charge in [0.05, 0.1) is 22.0 Å². The molecular formula is C16H23NO2S. The van der Waals surface area contributed by atoms with Crippen LogP contribution in [0.25, 0.3) is 11.0 Å². The molecule has 0 saturated carbocycles. The summed E-state index contributed by atoms with van der Waals surface area (Å²) in [7, 11) is -1.03. The zero-order valence-electron chi connectivity index (χ0n) is 12.6. The van der Waals surface area contributed by atoms with E-state index in [2.05, 4.69) is 29.8 Å². The standard InChI is InChI=1S/C16H23NO2S/c1-5-14(17-20(18)16(2,3)4)10-12-6-7-13-8-9-19-15(13)11-12/h6-9,11,14,17H,5,10H2,1-4H3/t14-,20-/m1/s1. The van der Waals surface area contributed by atoms with Crippen molar-refractivity contribution in [3.05, 3.63) is 36.1 Å². The van der Waals surface area contributed by atoms with Gasteiger partial charge in [-0.2, -0.15) is 0 Å². The minimum absolute atomic E-state index is 0.211. The molecule has 3 nitrogen and oxygen atoms in total. The summed E-state index contributed by atoms with van der Waals surface area (Å²) in [5.41, 5.74) is 2.12. The van der Waals surface area contributed by atoms with Gasteiger partial charge in [-0.3, -0.25) is 0 Å². The van der Waals surface area contributed by atoms with Gasteiger partial charge in [-0.15, -0.1) is 0 Å². The third-order valence-electron chi connectivity index (χ3n) is 3.33. The summed E-state index contributed by atoms with van der Waals surface area (Å²) in [6.07, 6.45) is 3.51. The summed E-state index contributed by atoms with van der Waals surface area (Å²) < 4.78 is 20.6. The zero-order chi connectivity index (χ0) is 14.8. The SMILES string of the molecule is CC[C@H](Cc1ccc2ccoc2c1)N[S@](=O)C(C)(C)C. The van der Waals surface area contributed by atoms with E-state index in [1.54, 1.807) is 6.26 Å². The van der Waals surface area contributed by atoms with Crippen molar-refractivity contribution in [2.75, 3.05) is 0 Å². The smallest absolute Gasteiger partial charge is 0.134 e. The lowest BCUT2D eigenvalue weighted by molar-refractivity contribution is 0.566. The van der Waals surface area contributed by atoms with Gasteiger partial charge in [0, 0.05) is 11.4 Å². The molecule has 0 fully saturated rings. The molecule has 0 amide bonds. The van der Waals surface area contributed by atoms with Crippen LogP contribution in [0.2, 0.25) is 0 Å². The molecule has 2 aromatic rings. The fourth-order valence-electron chi connectivity index (χ4n) is 2.01. The van der Waals surface area contributed by atoms with Crippen LogP contribution in [0.4, 0.5) is 0 Å². The maximum atomic E-state index is 12.2. The van der Waals surface area contributed by atoms with Crippen LogP contribution in [0.1, 0.15) is 39.7 Å². The maximum Gasteiger partial charge on any atom is 0.134 e. The molecule has 0 aliphatic carbocycles. The molecule has 1 N–H and O–H groups in total.